The van der Waals surface area contributed by atoms with Crippen molar-refractivity contribution in [1.29, 1.82) is 5.26 Å². The Bertz CT molecular complexity index is 656. The molecule has 0 bridgehead atoms. The Morgan fingerprint density at radius 3 is 2.76 bits per heavy atom. The lowest BCUT2D eigenvalue weighted by atomic mass is 10.1. The van der Waals surface area contributed by atoms with E-state index in [9.17, 15) is 8.42 Å². The van der Waals surface area contributed by atoms with Crippen molar-refractivity contribution >= 4 is 10.0 Å². The number of hydrogen-bond donors (Lipinski definition) is 0. The van der Waals surface area contributed by atoms with Gasteiger partial charge in [-0.1, -0.05) is 6.07 Å². The largest absolute Gasteiger partial charge is 0.381 e. The fourth-order valence-corrected chi connectivity index (χ4v) is 4.46. The third-order valence-electron chi connectivity index (χ3n) is 3.99. The summed E-state index contributed by atoms with van der Waals surface area (Å²) < 4.78 is 32.7. The number of benzene rings is 1. The molecule has 1 saturated carbocycles. The van der Waals surface area contributed by atoms with Gasteiger partial charge in [-0.3, -0.25) is 0 Å². The highest BCUT2D eigenvalue weighted by atomic mass is 32.2. The SMILES string of the molecule is N#Cc1cccc(S(=O)(=O)N(C[C@H]2CCOC2)C2CC2)c1. The van der Waals surface area contributed by atoms with Crippen molar-refractivity contribution in [3.8, 4) is 6.07 Å². The monoisotopic (exact) mass is 306 g/mol. The molecule has 1 atom stereocenters. The Hall–Kier alpha value is -1.42. The molecule has 3 rings (SSSR count). The molecule has 2 fully saturated rings. The molecule has 2 aliphatic rings. The number of rotatable bonds is 5. The topological polar surface area (TPSA) is 70.4 Å². The predicted molar refractivity (Wildman–Crippen MR) is 77.0 cm³/mol. The fourth-order valence-electron chi connectivity index (χ4n) is 2.65. The van der Waals surface area contributed by atoms with Crippen molar-refractivity contribution in [1.82, 2.24) is 4.31 Å². The zero-order valence-corrected chi connectivity index (χ0v) is 12.6. The number of hydrogen-bond acceptors (Lipinski definition) is 4. The minimum absolute atomic E-state index is 0.112. The summed E-state index contributed by atoms with van der Waals surface area (Å²) in [5, 5.41) is 8.94. The first kappa shape index (κ1) is 14.5. The van der Waals surface area contributed by atoms with Gasteiger partial charge in [-0.15, -0.1) is 0 Å². The lowest BCUT2D eigenvalue weighted by Crippen LogP contribution is -2.37. The van der Waals surface area contributed by atoms with E-state index in [1.165, 1.54) is 6.07 Å². The fraction of sp³-hybridized carbons (Fsp3) is 0.533. The van der Waals surface area contributed by atoms with Crippen LogP contribution < -0.4 is 0 Å². The van der Waals surface area contributed by atoms with Gasteiger partial charge in [-0.25, -0.2) is 8.42 Å². The molecule has 0 unspecified atom stereocenters. The van der Waals surface area contributed by atoms with Gasteiger partial charge in [0.1, 0.15) is 0 Å². The molecule has 1 aromatic rings. The minimum atomic E-state index is -3.53. The van der Waals surface area contributed by atoms with Crippen molar-refractivity contribution in [2.24, 2.45) is 5.92 Å². The van der Waals surface area contributed by atoms with E-state index in [-0.39, 0.29) is 16.9 Å². The van der Waals surface area contributed by atoms with Crippen LogP contribution in [0, 0.1) is 17.2 Å². The Morgan fingerprint density at radius 2 is 2.14 bits per heavy atom. The molecule has 0 aromatic heterocycles. The van der Waals surface area contributed by atoms with Gasteiger partial charge >= 0.3 is 0 Å². The van der Waals surface area contributed by atoms with E-state index < -0.39 is 10.0 Å². The lowest BCUT2D eigenvalue weighted by molar-refractivity contribution is 0.180. The molecule has 21 heavy (non-hydrogen) atoms. The molecular weight excluding hydrogens is 288 g/mol. The molecule has 0 spiro atoms. The van der Waals surface area contributed by atoms with Crippen LogP contribution in [0.2, 0.25) is 0 Å². The highest BCUT2D eigenvalue weighted by Crippen LogP contribution is 2.33. The molecule has 1 heterocycles. The Labute approximate surface area is 125 Å². The number of nitrogens with zero attached hydrogens (tertiary/aromatic N) is 2. The van der Waals surface area contributed by atoms with E-state index in [1.807, 2.05) is 6.07 Å². The van der Waals surface area contributed by atoms with Crippen molar-refractivity contribution in [3.05, 3.63) is 29.8 Å². The predicted octanol–water partition coefficient (Wildman–Crippen LogP) is 1.75. The minimum Gasteiger partial charge on any atom is -0.381 e. The maximum Gasteiger partial charge on any atom is 0.243 e. The maximum atomic E-state index is 12.8. The van der Waals surface area contributed by atoms with Crippen LogP contribution in [0.25, 0.3) is 0 Å². The van der Waals surface area contributed by atoms with Crippen molar-refractivity contribution in [2.75, 3.05) is 19.8 Å². The zero-order chi connectivity index (χ0) is 14.9. The molecule has 0 N–H and O–H groups in total. The molecule has 1 saturated heterocycles. The smallest absolute Gasteiger partial charge is 0.243 e. The highest BCUT2D eigenvalue weighted by Gasteiger charge is 2.39. The molecular formula is C15H18N2O3S. The van der Waals surface area contributed by atoms with Crippen LogP contribution in [0.1, 0.15) is 24.8 Å². The molecule has 112 valence electrons. The summed E-state index contributed by atoms with van der Waals surface area (Å²) in [6.07, 6.45) is 2.76. The lowest BCUT2D eigenvalue weighted by Gasteiger charge is -2.24. The summed E-state index contributed by atoms with van der Waals surface area (Å²) in [6, 6.07) is 8.36. The van der Waals surface area contributed by atoms with Gasteiger partial charge in [0.15, 0.2) is 0 Å². The van der Waals surface area contributed by atoms with Crippen LogP contribution in [0.3, 0.4) is 0 Å². The number of nitriles is 1. The molecule has 5 nitrogen and oxygen atoms in total. The van der Waals surface area contributed by atoms with Crippen molar-refractivity contribution < 1.29 is 13.2 Å². The first-order chi connectivity index (χ1) is 10.1. The second-order valence-electron chi connectivity index (χ2n) is 5.68. The first-order valence-corrected chi connectivity index (χ1v) is 8.65. The third-order valence-corrected chi connectivity index (χ3v) is 5.90. The molecule has 1 aromatic carbocycles. The van der Waals surface area contributed by atoms with Crippen LogP contribution in [0.15, 0.2) is 29.2 Å². The van der Waals surface area contributed by atoms with Crippen molar-refractivity contribution in [3.63, 3.8) is 0 Å². The van der Waals surface area contributed by atoms with Crippen LogP contribution >= 0.6 is 0 Å². The summed E-state index contributed by atoms with van der Waals surface area (Å²) in [4.78, 5) is 0.215. The normalized spacial score (nSPS) is 22.4. The Balaban J connectivity index is 1.87. The Kier molecular flexibility index (Phi) is 3.98. The van der Waals surface area contributed by atoms with E-state index >= 15 is 0 Å². The molecule has 6 heteroatoms. The van der Waals surface area contributed by atoms with E-state index in [0.29, 0.717) is 25.3 Å². The summed E-state index contributed by atoms with van der Waals surface area (Å²) >= 11 is 0. The van der Waals surface area contributed by atoms with E-state index in [4.69, 9.17) is 10.00 Å². The summed E-state index contributed by atoms with van der Waals surface area (Å²) in [5.74, 6) is 0.277. The number of sulfonamides is 1. The van der Waals surface area contributed by atoms with Gasteiger partial charge in [0.05, 0.1) is 23.1 Å². The highest BCUT2D eigenvalue weighted by molar-refractivity contribution is 7.89. The van der Waals surface area contributed by atoms with Gasteiger partial charge < -0.3 is 4.74 Å². The second-order valence-corrected chi connectivity index (χ2v) is 7.57. The quantitative estimate of drug-likeness (QED) is 0.831. The Morgan fingerprint density at radius 1 is 1.33 bits per heavy atom. The summed E-state index contributed by atoms with van der Waals surface area (Å²) in [7, 11) is -3.53. The van der Waals surface area contributed by atoms with Gasteiger partial charge in [0.25, 0.3) is 0 Å². The van der Waals surface area contributed by atoms with Gasteiger partial charge in [0, 0.05) is 19.2 Å². The molecule has 0 radical (unpaired) electrons. The molecule has 0 amide bonds. The van der Waals surface area contributed by atoms with E-state index in [1.54, 1.807) is 22.5 Å². The summed E-state index contributed by atoms with van der Waals surface area (Å²) in [6.45, 7) is 1.87. The van der Waals surface area contributed by atoms with Crippen molar-refractivity contribution in [2.45, 2.75) is 30.2 Å². The van der Waals surface area contributed by atoms with Gasteiger partial charge in [0.2, 0.25) is 10.0 Å². The first-order valence-electron chi connectivity index (χ1n) is 7.21. The van der Waals surface area contributed by atoms with Crippen LogP contribution in [-0.4, -0.2) is 38.5 Å². The van der Waals surface area contributed by atoms with E-state index in [2.05, 4.69) is 0 Å². The van der Waals surface area contributed by atoms with E-state index in [0.717, 1.165) is 19.3 Å². The zero-order valence-electron chi connectivity index (χ0n) is 11.7. The van der Waals surface area contributed by atoms with Gasteiger partial charge in [-0.2, -0.15) is 9.57 Å². The van der Waals surface area contributed by atoms with Crippen LogP contribution in [-0.2, 0) is 14.8 Å². The van der Waals surface area contributed by atoms with Crippen LogP contribution in [0.4, 0.5) is 0 Å². The average Bonchev–Trinajstić information content (AvgIpc) is 3.20. The number of ether oxygens (including phenoxy) is 1. The summed E-state index contributed by atoms with van der Waals surface area (Å²) in [5.41, 5.74) is 0.371. The molecule has 1 aliphatic heterocycles. The second kappa shape index (κ2) is 5.76. The molecule has 1 aliphatic carbocycles. The van der Waals surface area contributed by atoms with Crippen LogP contribution in [0.5, 0.6) is 0 Å². The standard InChI is InChI=1S/C15H18N2O3S/c16-9-12-2-1-3-15(8-12)21(18,19)17(14-4-5-14)10-13-6-7-20-11-13/h1-3,8,13-14H,4-7,10-11H2/t13-/m1/s1. The third kappa shape index (κ3) is 3.10. The maximum absolute atomic E-state index is 12.8. The van der Waals surface area contributed by atoms with Gasteiger partial charge in [-0.05, 0) is 43.4 Å². The average molecular weight is 306 g/mol.